The molecule has 0 unspecified atom stereocenters. The van der Waals surface area contributed by atoms with Crippen LogP contribution < -0.4 is 14.8 Å². The monoisotopic (exact) mass is 301 g/mol. The van der Waals surface area contributed by atoms with Crippen molar-refractivity contribution in [2.45, 2.75) is 25.4 Å². The minimum absolute atomic E-state index is 0.0899. The van der Waals surface area contributed by atoms with Gasteiger partial charge < -0.3 is 14.8 Å². The third-order valence-electron chi connectivity index (χ3n) is 4.21. The summed E-state index contributed by atoms with van der Waals surface area (Å²) in [7, 11) is 3.25. The average Bonchev–Trinajstić information content (AvgIpc) is 2.97. The van der Waals surface area contributed by atoms with Gasteiger partial charge in [-0.2, -0.15) is 0 Å². The quantitative estimate of drug-likeness (QED) is 0.915. The Morgan fingerprint density at radius 1 is 1.14 bits per heavy atom. The van der Waals surface area contributed by atoms with Crippen LogP contribution in [0.1, 0.15) is 29.2 Å². The lowest BCUT2D eigenvalue weighted by Gasteiger charge is -2.15. The molecule has 1 aliphatic carbocycles. The second-order valence-corrected chi connectivity index (χ2v) is 5.47. The van der Waals surface area contributed by atoms with Gasteiger partial charge in [-0.15, -0.1) is 0 Å². The molecule has 2 aromatic carbocycles. The summed E-state index contributed by atoms with van der Waals surface area (Å²) in [4.78, 5) is 0. The molecule has 4 heteroatoms. The third-order valence-corrected chi connectivity index (χ3v) is 4.21. The van der Waals surface area contributed by atoms with Crippen LogP contribution in [0.5, 0.6) is 11.5 Å². The van der Waals surface area contributed by atoms with E-state index >= 15 is 0 Å². The van der Waals surface area contributed by atoms with Crippen molar-refractivity contribution in [1.82, 2.24) is 5.32 Å². The van der Waals surface area contributed by atoms with Crippen LogP contribution in [0.2, 0.25) is 0 Å². The molecule has 0 radical (unpaired) electrons. The highest BCUT2D eigenvalue weighted by Gasteiger charge is 2.24. The number of nitrogens with one attached hydrogen (secondary N) is 1. The van der Waals surface area contributed by atoms with Crippen LogP contribution in [0.25, 0.3) is 0 Å². The van der Waals surface area contributed by atoms with Crippen molar-refractivity contribution in [3.8, 4) is 11.5 Å². The summed E-state index contributed by atoms with van der Waals surface area (Å²) in [5, 5.41) is 3.51. The van der Waals surface area contributed by atoms with E-state index in [0.717, 1.165) is 41.0 Å². The van der Waals surface area contributed by atoms with Crippen LogP contribution in [0.4, 0.5) is 4.39 Å². The van der Waals surface area contributed by atoms with Crippen LogP contribution >= 0.6 is 0 Å². The van der Waals surface area contributed by atoms with Crippen LogP contribution in [0.3, 0.4) is 0 Å². The Morgan fingerprint density at radius 2 is 1.95 bits per heavy atom. The van der Waals surface area contributed by atoms with E-state index in [1.807, 2.05) is 24.3 Å². The summed E-state index contributed by atoms with van der Waals surface area (Å²) in [6.07, 6.45) is 1.73. The van der Waals surface area contributed by atoms with E-state index in [1.165, 1.54) is 6.07 Å². The van der Waals surface area contributed by atoms with E-state index in [-0.39, 0.29) is 11.9 Å². The summed E-state index contributed by atoms with van der Waals surface area (Å²) in [6.45, 7) is 0.709. The Kier molecular flexibility index (Phi) is 4.29. The van der Waals surface area contributed by atoms with Gasteiger partial charge in [0.05, 0.1) is 14.2 Å². The van der Waals surface area contributed by atoms with Gasteiger partial charge in [-0.3, -0.25) is 0 Å². The van der Waals surface area contributed by atoms with Crippen LogP contribution in [-0.2, 0) is 13.0 Å². The van der Waals surface area contributed by atoms with Gasteiger partial charge in [0.15, 0.2) is 11.5 Å². The van der Waals surface area contributed by atoms with Gasteiger partial charge in [-0.1, -0.05) is 18.2 Å². The molecule has 22 heavy (non-hydrogen) atoms. The van der Waals surface area contributed by atoms with Gasteiger partial charge >= 0.3 is 0 Å². The molecular weight excluding hydrogens is 281 g/mol. The van der Waals surface area contributed by atoms with Crippen molar-refractivity contribution in [3.05, 3.63) is 58.9 Å². The van der Waals surface area contributed by atoms with E-state index in [2.05, 4.69) is 5.32 Å². The lowest BCUT2D eigenvalue weighted by molar-refractivity contribution is 0.354. The molecule has 2 aromatic rings. The molecule has 3 rings (SSSR count). The topological polar surface area (TPSA) is 30.5 Å². The summed E-state index contributed by atoms with van der Waals surface area (Å²) in [6, 6.07) is 11.4. The first-order valence-electron chi connectivity index (χ1n) is 7.44. The average molecular weight is 301 g/mol. The molecule has 1 N–H and O–H groups in total. The molecule has 0 saturated heterocycles. The minimum Gasteiger partial charge on any atom is -0.493 e. The first kappa shape index (κ1) is 14.9. The van der Waals surface area contributed by atoms with E-state index in [1.54, 1.807) is 20.3 Å². The number of ether oxygens (including phenoxy) is 2. The zero-order chi connectivity index (χ0) is 15.5. The number of hydrogen-bond donors (Lipinski definition) is 1. The molecule has 1 aliphatic rings. The third kappa shape index (κ3) is 2.79. The van der Waals surface area contributed by atoms with Crippen LogP contribution in [0, 0.1) is 5.82 Å². The van der Waals surface area contributed by atoms with E-state index < -0.39 is 0 Å². The zero-order valence-electron chi connectivity index (χ0n) is 12.9. The van der Waals surface area contributed by atoms with Gasteiger partial charge in [-0.25, -0.2) is 4.39 Å². The second kappa shape index (κ2) is 6.36. The highest BCUT2D eigenvalue weighted by molar-refractivity contribution is 5.43. The maximum absolute atomic E-state index is 13.8. The molecule has 0 aromatic heterocycles. The standard InChI is InChI=1S/C18H20FNO2/c1-21-17-9-6-12(10-18(17)22-2)11-20-16-8-7-13-14(16)4-3-5-15(13)19/h3-6,9-10,16,20H,7-8,11H2,1-2H3/t16-/m1/s1. The number of halogens is 1. The van der Waals surface area contributed by atoms with Crippen molar-refractivity contribution in [1.29, 1.82) is 0 Å². The zero-order valence-corrected chi connectivity index (χ0v) is 12.9. The lowest BCUT2D eigenvalue weighted by atomic mass is 10.1. The Morgan fingerprint density at radius 3 is 2.73 bits per heavy atom. The Balaban J connectivity index is 1.71. The SMILES string of the molecule is COc1ccc(CN[C@@H]2CCc3c(F)cccc32)cc1OC. The Bertz CT molecular complexity index is 672. The molecule has 0 amide bonds. The van der Waals surface area contributed by atoms with E-state index in [0.29, 0.717) is 6.54 Å². The largest absolute Gasteiger partial charge is 0.493 e. The summed E-state index contributed by atoms with van der Waals surface area (Å²) >= 11 is 0. The number of fused-ring (bicyclic) bond motifs is 1. The smallest absolute Gasteiger partial charge is 0.161 e. The maximum atomic E-state index is 13.8. The van der Waals surface area contributed by atoms with Crippen molar-refractivity contribution in [3.63, 3.8) is 0 Å². The maximum Gasteiger partial charge on any atom is 0.161 e. The van der Waals surface area contributed by atoms with Gasteiger partial charge in [-0.05, 0) is 47.7 Å². The molecule has 1 atom stereocenters. The van der Waals surface area contributed by atoms with Crippen molar-refractivity contribution < 1.29 is 13.9 Å². The number of methoxy groups -OCH3 is 2. The van der Waals surface area contributed by atoms with Crippen LogP contribution in [0.15, 0.2) is 36.4 Å². The normalized spacial score (nSPS) is 16.4. The van der Waals surface area contributed by atoms with Crippen molar-refractivity contribution in [2.24, 2.45) is 0 Å². The molecule has 0 fully saturated rings. The Hall–Kier alpha value is -2.07. The van der Waals surface area contributed by atoms with Crippen molar-refractivity contribution >= 4 is 0 Å². The molecule has 0 saturated carbocycles. The second-order valence-electron chi connectivity index (χ2n) is 5.47. The molecular formula is C18H20FNO2. The van der Waals surface area contributed by atoms with Gasteiger partial charge in [0.1, 0.15) is 5.82 Å². The van der Waals surface area contributed by atoms with Crippen LogP contribution in [-0.4, -0.2) is 14.2 Å². The molecule has 3 nitrogen and oxygen atoms in total. The van der Waals surface area contributed by atoms with Gasteiger partial charge in [0, 0.05) is 12.6 Å². The van der Waals surface area contributed by atoms with Gasteiger partial charge in [0.25, 0.3) is 0 Å². The van der Waals surface area contributed by atoms with Gasteiger partial charge in [0.2, 0.25) is 0 Å². The van der Waals surface area contributed by atoms with Crippen molar-refractivity contribution in [2.75, 3.05) is 14.2 Å². The molecule has 0 aliphatic heterocycles. The number of rotatable bonds is 5. The molecule has 0 spiro atoms. The fraction of sp³-hybridized carbons (Fsp3) is 0.333. The first-order valence-corrected chi connectivity index (χ1v) is 7.44. The summed E-state index contributed by atoms with van der Waals surface area (Å²) in [5.74, 6) is 1.35. The fourth-order valence-electron chi connectivity index (χ4n) is 3.05. The first-order chi connectivity index (χ1) is 10.7. The summed E-state index contributed by atoms with van der Waals surface area (Å²) < 4.78 is 24.3. The predicted molar refractivity (Wildman–Crippen MR) is 83.8 cm³/mol. The summed E-state index contributed by atoms with van der Waals surface area (Å²) in [5.41, 5.74) is 3.05. The highest BCUT2D eigenvalue weighted by Crippen LogP contribution is 2.33. The Labute approximate surface area is 130 Å². The molecule has 0 bridgehead atoms. The highest BCUT2D eigenvalue weighted by atomic mass is 19.1. The van der Waals surface area contributed by atoms with E-state index in [9.17, 15) is 4.39 Å². The predicted octanol–water partition coefficient (Wildman–Crippen LogP) is 3.62. The molecule has 116 valence electrons. The lowest BCUT2D eigenvalue weighted by Crippen LogP contribution is -2.18. The minimum atomic E-state index is -0.0899. The molecule has 0 heterocycles. The number of hydrogen-bond acceptors (Lipinski definition) is 3. The fourth-order valence-corrected chi connectivity index (χ4v) is 3.05. The number of benzene rings is 2. The van der Waals surface area contributed by atoms with E-state index in [4.69, 9.17) is 9.47 Å².